The highest BCUT2D eigenvalue weighted by molar-refractivity contribution is 4.83. The monoisotopic (exact) mass is 210 g/mol. The Labute approximate surface area is 94.4 Å². The number of rotatable bonds is 5. The van der Waals surface area contributed by atoms with Gasteiger partial charge in [0.1, 0.15) is 0 Å². The first-order valence-corrected chi connectivity index (χ1v) is 6.76. The molecule has 2 atom stereocenters. The van der Waals surface area contributed by atoms with Crippen LogP contribution in [-0.2, 0) is 0 Å². The molecule has 2 nitrogen and oxygen atoms in total. The van der Waals surface area contributed by atoms with E-state index in [2.05, 4.69) is 24.1 Å². The zero-order chi connectivity index (χ0) is 10.7. The van der Waals surface area contributed by atoms with Crippen molar-refractivity contribution in [1.29, 1.82) is 0 Å². The van der Waals surface area contributed by atoms with Gasteiger partial charge < -0.3 is 10.2 Å². The lowest BCUT2D eigenvalue weighted by Crippen LogP contribution is -2.48. The van der Waals surface area contributed by atoms with Crippen LogP contribution in [0.15, 0.2) is 0 Å². The molecule has 0 spiro atoms. The number of nitrogens with one attached hydrogen (secondary N) is 1. The van der Waals surface area contributed by atoms with E-state index in [4.69, 9.17) is 0 Å². The van der Waals surface area contributed by atoms with E-state index in [1.54, 1.807) is 0 Å². The Morgan fingerprint density at radius 2 is 2.13 bits per heavy atom. The topological polar surface area (TPSA) is 15.3 Å². The number of hydrogen-bond donors (Lipinski definition) is 1. The third-order valence-corrected chi connectivity index (χ3v) is 3.86. The Morgan fingerprint density at radius 3 is 2.80 bits per heavy atom. The fourth-order valence-corrected chi connectivity index (χ4v) is 2.80. The molecule has 2 heteroatoms. The molecule has 1 saturated carbocycles. The van der Waals surface area contributed by atoms with Crippen molar-refractivity contribution < 1.29 is 0 Å². The van der Waals surface area contributed by atoms with Crippen LogP contribution in [0.4, 0.5) is 0 Å². The molecule has 2 aliphatic rings. The second-order valence-corrected chi connectivity index (χ2v) is 5.48. The summed E-state index contributed by atoms with van der Waals surface area (Å²) in [7, 11) is 0. The van der Waals surface area contributed by atoms with Gasteiger partial charge in [-0.05, 0) is 45.2 Å². The van der Waals surface area contributed by atoms with Crippen molar-refractivity contribution in [1.82, 2.24) is 10.2 Å². The molecule has 0 aromatic heterocycles. The Bertz CT molecular complexity index is 189. The Morgan fingerprint density at radius 1 is 1.33 bits per heavy atom. The van der Waals surface area contributed by atoms with Crippen LogP contribution in [0, 0.1) is 5.92 Å². The second-order valence-electron chi connectivity index (χ2n) is 5.48. The normalized spacial score (nSPS) is 30.4. The minimum atomic E-state index is 0.735. The van der Waals surface area contributed by atoms with E-state index >= 15 is 0 Å². The quantitative estimate of drug-likeness (QED) is 0.749. The summed E-state index contributed by atoms with van der Waals surface area (Å²) in [6.07, 6.45) is 7.13. The lowest BCUT2D eigenvalue weighted by molar-refractivity contribution is 0.190. The summed E-state index contributed by atoms with van der Waals surface area (Å²) >= 11 is 0. The second kappa shape index (κ2) is 5.31. The summed E-state index contributed by atoms with van der Waals surface area (Å²) in [4.78, 5) is 2.57. The van der Waals surface area contributed by atoms with Gasteiger partial charge in [-0.2, -0.15) is 0 Å². The van der Waals surface area contributed by atoms with E-state index < -0.39 is 0 Å². The molecule has 0 amide bonds. The minimum absolute atomic E-state index is 0.735. The van der Waals surface area contributed by atoms with Gasteiger partial charge in [-0.1, -0.05) is 19.8 Å². The largest absolute Gasteiger partial charge is 0.310 e. The van der Waals surface area contributed by atoms with Crippen LogP contribution in [0.1, 0.15) is 46.0 Å². The third-order valence-electron chi connectivity index (χ3n) is 3.86. The molecule has 0 aromatic rings. The standard InChI is InChI=1S/C13H26N2/c1-3-15-8-4-5-13(10-15)14-11(2)9-12-6-7-12/h11-14H,3-10H2,1-2H3. The number of likely N-dealkylation sites (tertiary alicyclic amines) is 1. The Hall–Kier alpha value is -0.0800. The Balaban J connectivity index is 1.67. The number of likely N-dealkylation sites (N-methyl/N-ethyl adjacent to an activating group) is 1. The molecule has 15 heavy (non-hydrogen) atoms. The maximum atomic E-state index is 3.81. The van der Waals surface area contributed by atoms with Gasteiger partial charge >= 0.3 is 0 Å². The summed E-state index contributed by atoms with van der Waals surface area (Å²) in [5.74, 6) is 1.05. The average molecular weight is 210 g/mol. The summed E-state index contributed by atoms with van der Waals surface area (Å²) in [5.41, 5.74) is 0. The zero-order valence-corrected chi connectivity index (χ0v) is 10.3. The fraction of sp³-hybridized carbons (Fsp3) is 1.00. The van der Waals surface area contributed by atoms with Crippen molar-refractivity contribution >= 4 is 0 Å². The zero-order valence-electron chi connectivity index (χ0n) is 10.3. The van der Waals surface area contributed by atoms with Crippen LogP contribution in [0.3, 0.4) is 0 Å². The van der Waals surface area contributed by atoms with Crippen molar-refractivity contribution in [2.75, 3.05) is 19.6 Å². The molecule has 2 unspecified atom stereocenters. The molecule has 1 aliphatic heterocycles. The summed E-state index contributed by atoms with van der Waals surface area (Å²) in [5, 5.41) is 3.81. The van der Waals surface area contributed by atoms with E-state index in [1.165, 1.54) is 51.7 Å². The summed E-state index contributed by atoms with van der Waals surface area (Å²) in [6, 6.07) is 1.49. The van der Waals surface area contributed by atoms with Gasteiger partial charge in [0.15, 0.2) is 0 Å². The molecule has 1 saturated heterocycles. The van der Waals surface area contributed by atoms with Gasteiger partial charge in [-0.3, -0.25) is 0 Å². The van der Waals surface area contributed by atoms with Gasteiger partial charge in [0.05, 0.1) is 0 Å². The molecular formula is C13H26N2. The van der Waals surface area contributed by atoms with Gasteiger partial charge in [-0.15, -0.1) is 0 Å². The van der Waals surface area contributed by atoms with Crippen molar-refractivity contribution in [3.8, 4) is 0 Å². The maximum Gasteiger partial charge on any atom is 0.0197 e. The SMILES string of the molecule is CCN1CCCC(NC(C)CC2CC2)C1. The lowest BCUT2D eigenvalue weighted by atomic mass is 10.0. The Kier molecular flexibility index (Phi) is 4.04. The van der Waals surface area contributed by atoms with Crippen LogP contribution < -0.4 is 5.32 Å². The van der Waals surface area contributed by atoms with E-state index in [-0.39, 0.29) is 0 Å². The lowest BCUT2D eigenvalue weighted by Gasteiger charge is -2.34. The number of piperidine rings is 1. The van der Waals surface area contributed by atoms with Crippen molar-refractivity contribution in [2.24, 2.45) is 5.92 Å². The van der Waals surface area contributed by atoms with E-state index in [0.29, 0.717) is 0 Å². The summed E-state index contributed by atoms with van der Waals surface area (Å²) < 4.78 is 0. The third kappa shape index (κ3) is 3.76. The summed E-state index contributed by atoms with van der Waals surface area (Å²) in [6.45, 7) is 8.44. The maximum absolute atomic E-state index is 3.81. The van der Waals surface area contributed by atoms with Gasteiger partial charge in [-0.25, -0.2) is 0 Å². The first kappa shape index (κ1) is 11.4. The van der Waals surface area contributed by atoms with Gasteiger partial charge in [0.25, 0.3) is 0 Å². The van der Waals surface area contributed by atoms with Gasteiger partial charge in [0, 0.05) is 18.6 Å². The molecule has 1 heterocycles. The molecular weight excluding hydrogens is 184 g/mol. The molecule has 2 fully saturated rings. The van der Waals surface area contributed by atoms with Crippen LogP contribution in [0.5, 0.6) is 0 Å². The first-order chi connectivity index (χ1) is 7.28. The highest BCUT2D eigenvalue weighted by Gasteiger charge is 2.25. The molecule has 1 aliphatic carbocycles. The molecule has 0 aromatic carbocycles. The van der Waals surface area contributed by atoms with Crippen LogP contribution in [0.2, 0.25) is 0 Å². The van der Waals surface area contributed by atoms with Crippen LogP contribution in [-0.4, -0.2) is 36.6 Å². The average Bonchev–Trinajstić information content (AvgIpc) is 3.02. The van der Waals surface area contributed by atoms with E-state index in [1.807, 2.05) is 0 Å². The number of hydrogen-bond acceptors (Lipinski definition) is 2. The number of nitrogens with zero attached hydrogens (tertiary/aromatic N) is 1. The molecule has 2 rings (SSSR count). The highest BCUT2D eigenvalue weighted by Crippen LogP contribution is 2.33. The molecule has 88 valence electrons. The smallest absolute Gasteiger partial charge is 0.0197 e. The van der Waals surface area contributed by atoms with Gasteiger partial charge in [0.2, 0.25) is 0 Å². The highest BCUT2D eigenvalue weighted by atomic mass is 15.2. The predicted molar refractivity (Wildman–Crippen MR) is 65.1 cm³/mol. The fourth-order valence-electron chi connectivity index (χ4n) is 2.80. The van der Waals surface area contributed by atoms with Crippen molar-refractivity contribution in [2.45, 2.75) is 58.0 Å². The van der Waals surface area contributed by atoms with E-state index in [0.717, 1.165) is 18.0 Å². The van der Waals surface area contributed by atoms with Crippen molar-refractivity contribution in [3.63, 3.8) is 0 Å². The molecule has 0 radical (unpaired) electrons. The van der Waals surface area contributed by atoms with Crippen molar-refractivity contribution in [3.05, 3.63) is 0 Å². The van der Waals surface area contributed by atoms with Crippen LogP contribution in [0.25, 0.3) is 0 Å². The molecule has 0 bridgehead atoms. The molecule has 1 N–H and O–H groups in total. The minimum Gasteiger partial charge on any atom is -0.310 e. The first-order valence-electron chi connectivity index (χ1n) is 6.76. The van der Waals surface area contributed by atoms with Crippen LogP contribution >= 0.6 is 0 Å². The predicted octanol–water partition coefficient (Wildman–Crippen LogP) is 2.25. The van der Waals surface area contributed by atoms with E-state index in [9.17, 15) is 0 Å².